The van der Waals surface area contributed by atoms with Gasteiger partial charge in [-0.15, -0.1) is 0 Å². The van der Waals surface area contributed by atoms with Crippen LogP contribution >= 0.6 is 11.6 Å². The third kappa shape index (κ3) is 4.69. The second-order valence-electron chi connectivity index (χ2n) is 3.17. The summed E-state index contributed by atoms with van der Waals surface area (Å²) in [4.78, 5) is 21.3. The number of benzene rings is 1. The highest BCUT2D eigenvalue weighted by molar-refractivity contribution is 6.31. The molecule has 0 atom stereocenters. The molecule has 92 valence electrons. The standard InChI is InChI=1S/C10H10ClFN2O3/c11-8-3-7(12)2-1-6(8)4-13-10(17)14-5-9(15)16/h1-3H,4-5H2,(H,15,16)(H2,13,14,17). The summed E-state index contributed by atoms with van der Waals surface area (Å²) >= 11 is 5.73. The van der Waals surface area contributed by atoms with Gasteiger partial charge in [0.05, 0.1) is 0 Å². The van der Waals surface area contributed by atoms with Gasteiger partial charge in [-0.3, -0.25) is 4.79 Å². The molecule has 0 spiro atoms. The van der Waals surface area contributed by atoms with Crippen molar-refractivity contribution in [2.45, 2.75) is 6.54 Å². The first-order valence-corrected chi connectivity index (χ1v) is 5.04. The van der Waals surface area contributed by atoms with Gasteiger partial charge in [-0.05, 0) is 17.7 Å². The van der Waals surface area contributed by atoms with Crippen LogP contribution in [0, 0.1) is 5.82 Å². The number of hydrogen-bond acceptors (Lipinski definition) is 2. The highest BCUT2D eigenvalue weighted by atomic mass is 35.5. The Balaban J connectivity index is 2.44. The smallest absolute Gasteiger partial charge is 0.323 e. The highest BCUT2D eigenvalue weighted by Gasteiger charge is 2.05. The van der Waals surface area contributed by atoms with Gasteiger partial charge in [0.15, 0.2) is 0 Å². The van der Waals surface area contributed by atoms with Crippen LogP contribution in [0.4, 0.5) is 9.18 Å². The van der Waals surface area contributed by atoms with Crippen LogP contribution in [0.25, 0.3) is 0 Å². The van der Waals surface area contributed by atoms with Gasteiger partial charge in [-0.2, -0.15) is 0 Å². The van der Waals surface area contributed by atoms with Crippen molar-refractivity contribution in [3.8, 4) is 0 Å². The molecule has 0 saturated heterocycles. The zero-order valence-electron chi connectivity index (χ0n) is 8.67. The van der Waals surface area contributed by atoms with Gasteiger partial charge < -0.3 is 15.7 Å². The third-order valence-electron chi connectivity index (χ3n) is 1.85. The Labute approximate surface area is 102 Å². The Morgan fingerprint density at radius 3 is 2.65 bits per heavy atom. The molecule has 0 aromatic heterocycles. The van der Waals surface area contributed by atoms with Crippen molar-refractivity contribution >= 4 is 23.6 Å². The van der Waals surface area contributed by atoms with Crippen LogP contribution in [-0.2, 0) is 11.3 Å². The molecule has 0 fully saturated rings. The Bertz CT molecular complexity index is 440. The van der Waals surface area contributed by atoms with E-state index in [9.17, 15) is 14.0 Å². The Morgan fingerprint density at radius 2 is 2.06 bits per heavy atom. The number of rotatable bonds is 4. The average Bonchev–Trinajstić information content (AvgIpc) is 2.25. The minimum atomic E-state index is -1.14. The molecular formula is C10H10ClFN2O3. The number of carboxylic acid groups (broad SMARTS) is 1. The molecule has 0 radical (unpaired) electrons. The summed E-state index contributed by atoms with van der Waals surface area (Å²) in [5, 5.41) is 13.0. The summed E-state index contributed by atoms with van der Waals surface area (Å²) in [6, 6.07) is 3.16. The minimum absolute atomic E-state index is 0.0879. The molecule has 0 aliphatic heterocycles. The normalized spacial score (nSPS) is 9.76. The number of hydrogen-bond donors (Lipinski definition) is 3. The topological polar surface area (TPSA) is 78.4 Å². The van der Waals surface area contributed by atoms with Crippen molar-refractivity contribution < 1.29 is 19.1 Å². The molecule has 7 heteroatoms. The van der Waals surface area contributed by atoms with Crippen molar-refractivity contribution in [2.24, 2.45) is 0 Å². The SMILES string of the molecule is O=C(O)CNC(=O)NCc1ccc(F)cc1Cl. The fourth-order valence-corrected chi connectivity index (χ4v) is 1.29. The fourth-order valence-electron chi connectivity index (χ4n) is 1.06. The lowest BCUT2D eigenvalue weighted by molar-refractivity contribution is -0.135. The molecule has 0 heterocycles. The van der Waals surface area contributed by atoms with Crippen LogP contribution in [0.2, 0.25) is 5.02 Å². The van der Waals surface area contributed by atoms with Gasteiger partial charge in [-0.1, -0.05) is 17.7 Å². The molecular weight excluding hydrogens is 251 g/mol. The molecule has 17 heavy (non-hydrogen) atoms. The number of carbonyl (C=O) groups is 2. The van der Waals surface area contributed by atoms with E-state index in [4.69, 9.17) is 16.7 Å². The van der Waals surface area contributed by atoms with Crippen molar-refractivity contribution in [1.29, 1.82) is 0 Å². The first-order valence-electron chi connectivity index (χ1n) is 4.66. The van der Waals surface area contributed by atoms with Crippen LogP contribution in [0.1, 0.15) is 5.56 Å². The third-order valence-corrected chi connectivity index (χ3v) is 2.21. The summed E-state index contributed by atoms with van der Waals surface area (Å²) in [5.41, 5.74) is 0.540. The Kier molecular flexibility index (Phi) is 4.71. The van der Waals surface area contributed by atoms with E-state index < -0.39 is 24.4 Å². The number of carboxylic acids is 1. The summed E-state index contributed by atoms with van der Waals surface area (Å²) < 4.78 is 12.7. The molecule has 0 unspecified atom stereocenters. The molecule has 0 aliphatic rings. The minimum Gasteiger partial charge on any atom is -0.480 e. The van der Waals surface area contributed by atoms with Crippen molar-refractivity contribution in [2.75, 3.05) is 6.54 Å². The number of urea groups is 1. The van der Waals surface area contributed by atoms with E-state index >= 15 is 0 Å². The van der Waals surface area contributed by atoms with Crippen LogP contribution in [0.5, 0.6) is 0 Å². The Morgan fingerprint density at radius 1 is 1.35 bits per heavy atom. The maximum Gasteiger partial charge on any atom is 0.323 e. The number of halogens is 2. The van der Waals surface area contributed by atoms with Crippen molar-refractivity contribution in [3.05, 3.63) is 34.6 Å². The molecule has 0 bridgehead atoms. The number of aliphatic carboxylic acids is 1. The van der Waals surface area contributed by atoms with Gasteiger partial charge in [0.25, 0.3) is 0 Å². The fraction of sp³-hybridized carbons (Fsp3) is 0.200. The van der Waals surface area contributed by atoms with Gasteiger partial charge in [0, 0.05) is 11.6 Å². The van der Waals surface area contributed by atoms with Gasteiger partial charge in [0.2, 0.25) is 0 Å². The largest absolute Gasteiger partial charge is 0.480 e. The van der Waals surface area contributed by atoms with Crippen LogP contribution in [0.15, 0.2) is 18.2 Å². The molecule has 1 aromatic carbocycles. The van der Waals surface area contributed by atoms with Crippen molar-refractivity contribution in [3.63, 3.8) is 0 Å². The predicted molar refractivity (Wildman–Crippen MR) is 59.3 cm³/mol. The summed E-state index contributed by atoms with van der Waals surface area (Å²) in [7, 11) is 0. The lowest BCUT2D eigenvalue weighted by Crippen LogP contribution is -2.38. The second-order valence-corrected chi connectivity index (χ2v) is 3.57. The van der Waals surface area contributed by atoms with Gasteiger partial charge >= 0.3 is 12.0 Å². The van der Waals surface area contributed by atoms with Crippen molar-refractivity contribution in [1.82, 2.24) is 10.6 Å². The Hall–Kier alpha value is -1.82. The van der Waals surface area contributed by atoms with E-state index in [2.05, 4.69) is 10.6 Å². The lowest BCUT2D eigenvalue weighted by atomic mass is 10.2. The molecule has 3 N–H and O–H groups in total. The number of nitrogens with one attached hydrogen (secondary N) is 2. The molecule has 5 nitrogen and oxygen atoms in total. The molecule has 2 amide bonds. The monoisotopic (exact) mass is 260 g/mol. The average molecular weight is 261 g/mol. The first kappa shape index (κ1) is 13.2. The maximum absolute atomic E-state index is 12.7. The zero-order valence-corrected chi connectivity index (χ0v) is 9.42. The van der Waals surface area contributed by atoms with Gasteiger partial charge in [0.1, 0.15) is 12.4 Å². The summed E-state index contributed by atoms with van der Waals surface area (Å²) in [6.45, 7) is -0.381. The molecule has 0 aliphatic carbocycles. The van der Waals surface area contributed by atoms with Crippen LogP contribution in [-0.4, -0.2) is 23.7 Å². The maximum atomic E-state index is 12.7. The predicted octanol–water partition coefficient (Wildman–Crippen LogP) is 1.36. The second kappa shape index (κ2) is 6.05. The van der Waals surface area contributed by atoms with Gasteiger partial charge in [-0.25, -0.2) is 9.18 Å². The van der Waals surface area contributed by atoms with E-state index in [0.29, 0.717) is 5.56 Å². The van der Waals surface area contributed by atoms with E-state index in [0.717, 1.165) is 6.07 Å². The first-order chi connectivity index (χ1) is 7.99. The van der Waals surface area contributed by atoms with E-state index in [1.165, 1.54) is 12.1 Å². The van der Waals surface area contributed by atoms with E-state index in [1.807, 2.05) is 0 Å². The zero-order chi connectivity index (χ0) is 12.8. The van der Waals surface area contributed by atoms with Crippen LogP contribution in [0.3, 0.4) is 0 Å². The molecule has 1 rings (SSSR count). The number of amides is 2. The highest BCUT2D eigenvalue weighted by Crippen LogP contribution is 2.16. The van der Waals surface area contributed by atoms with E-state index in [-0.39, 0.29) is 11.6 Å². The van der Waals surface area contributed by atoms with E-state index in [1.54, 1.807) is 0 Å². The summed E-state index contributed by atoms with van der Waals surface area (Å²) in [5.74, 6) is -1.60. The quantitative estimate of drug-likeness (QED) is 0.765. The lowest BCUT2D eigenvalue weighted by Gasteiger charge is -2.07. The molecule has 1 aromatic rings. The number of carbonyl (C=O) groups excluding carboxylic acids is 1. The summed E-state index contributed by atoms with van der Waals surface area (Å²) in [6.07, 6.45) is 0. The van der Waals surface area contributed by atoms with Crippen LogP contribution < -0.4 is 10.6 Å². The molecule has 0 saturated carbocycles.